The number of hydrogen-bond donors (Lipinski definition) is 4. The van der Waals surface area contributed by atoms with Gasteiger partial charge in [-0.2, -0.15) is 0 Å². The van der Waals surface area contributed by atoms with Crippen molar-refractivity contribution in [2.45, 2.75) is 0 Å². The van der Waals surface area contributed by atoms with Crippen LogP contribution in [0.5, 0.6) is 0 Å². The van der Waals surface area contributed by atoms with Crippen molar-refractivity contribution in [3.8, 4) is 11.3 Å². The van der Waals surface area contributed by atoms with Crippen LogP contribution in [-0.2, 0) is 0 Å². The number of rotatable bonds is 3. The quantitative estimate of drug-likeness (QED) is 0.463. The summed E-state index contributed by atoms with van der Waals surface area (Å²) in [5.74, 6) is 4.56. The number of carboxylic acid groups (broad SMARTS) is 1. The van der Waals surface area contributed by atoms with Crippen molar-refractivity contribution in [1.29, 1.82) is 0 Å². The topological polar surface area (TPSA) is 127 Å². The zero-order chi connectivity index (χ0) is 13.1. The maximum Gasteiger partial charge on any atom is 0.337 e. The molecule has 0 aliphatic carbocycles. The lowest BCUT2D eigenvalue weighted by molar-refractivity contribution is 0.0696. The molecular weight excluding hydrogens is 234 g/mol. The summed E-state index contributed by atoms with van der Waals surface area (Å²) in [6.07, 6.45) is 2.79. The van der Waals surface area contributed by atoms with E-state index in [4.69, 9.17) is 16.7 Å². The number of nitrogen functional groups attached to an aromatic ring is 2. The Morgan fingerprint density at radius 3 is 2.78 bits per heavy atom. The van der Waals surface area contributed by atoms with E-state index in [2.05, 4.69) is 15.4 Å². The average Bonchev–Trinajstić information content (AvgIpc) is 2.39. The van der Waals surface area contributed by atoms with Crippen LogP contribution < -0.4 is 17.0 Å². The molecule has 0 radical (unpaired) electrons. The minimum absolute atomic E-state index is 0.0911. The molecule has 0 aromatic carbocycles. The fourth-order valence-corrected chi connectivity index (χ4v) is 1.44. The number of nitrogens with two attached hydrogens (primary N) is 2. The molecule has 0 atom stereocenters. The van der Waals surface area contributed by atoms with Gasteiger partial charge in [-0.3, -0.25) is 4.98 Å². The third-order valence-electron chi connectivity index (χ3n) is 2.34. The molecule has 92 valence electrons. The highest BCUT2D eigenvalue weighted by Gasteiger charge is 2.08. The van der Waals surface area contributed by atoms with Crippen molar-refractivity contribution in [3.63, 3.8) is 0 Å². The Kier molecular flexibility index (Phi) is 3.07. The number of anilines is 2. The number of aromatic nitrogens is 2. The second-order valence-corrected chi connectivity index (χ2v) is 3.55. The molecule has 2 heterocycles. The van der Waals surface area contributed by atoms with Gasteiger partial charge >= 0.3 is 5.97 Å². The molecule has 0 aliphatic rings. The van der Waals surface area contributed by atoms with Crippen LogP contribution in [0.4, 0.5) is 11.5 Å². The van der Waals surface area contributed by atoms with Crippen LogP contribution in [0, 0.1) is 0 Å². The molecule has 0 amide bonds. The van der Waals surface area contributed by atoms with Crippen molar-refractivity contribution >= 4 is 17.5 Å². The SMILES string of the molecule is NNc1nc(-c2cncc(C(=O)O)c2)ccc1N. The fraction of sp³-hybridized carbons (Fsp3) is 0. The van der Waals surface area contributed by atoms with Gasteiger partial charge in [-0.25, -0.2) is 15.6 Å². The molecule has 2 aromatic heterocycles. The molecular formula is C11H11N5O2. The van der Waals surface area contributed by atoms with Gasteiger partial charge in [0.1, 0.15) is 0 Å². The smallest absolute Gasteiger partial charge is 0.337 e. The van der Waals surface area contributed by atoms with E-state index in [0.29, 0.717) is 22.8 Å². The molecule has 0 aliphatic heterocycles. The number of nitrogens with zero attached hydrogens (tertiary/aromatic N) is 2. The molecule has 0 fully saturated rings. The number of nitrogens with one attached hydrogen (secondary N) is 1. The van der Waals surface area contributed by atoms with Crippen LogP contribution in [-0.4, -0.2) is 21.0 Å². The maximum atomic E-state index is 10.8. The minimum atomic E-state index is -1.04. The molecule has 0 spiro atoms. The summed E-state index contributed by atoms with van der Waals surface area (Å²) in [5.41, 5.74) is 9.62. The number of hydrazine groups is 1. The molecule has 7 heteroatoms. The normalized spacial score (nSPS) is 10.1. The number of pyridine rings is 2. The average molecular weight is 245 g/mol. The lowest BCUT2D eigenvalue weighted by Crippen LogP contribution is -2.11. The minimum Gasteiger partial charge on any atom is -0.478 e. The van der Waals surface area contributed by atoms with E-state index in [0.717, 1.165) is 0 Å². The van der Waals surface area contributed by atoms with E-state index < -0.39 is 5.97 Å². The van der Waals surface area contributed by atoms with Gasteiger partial charge in [0.05, 0.1) is 16.9 Å². The van der Waals surface area contributed by atoms with E-state index >= 15 is 0 Å². The van der Waals surface area contributed by atoms with Crippen LogP contribution >= 0.6 is 0 Å². The van der Waals surface area contributed by atoms with Gasteiger partial charge < -0.3 is 16.3 Å². The summed E-state index contributed by atoms with van der Waals surface area (Å²) in [6.45, 7) is 0. The number of hydrogen-bond acceptors (Lipinski definition) is 6. The van der Waals surface area contributed by atoms with E-state index in [9.17, 15) is 4.79 Å². The first-order valence-electron chi connectivity index (χ1n) is 5.03. The third-order valence-corrected chi connectivity index (χ3v) is 2.34. The van der Waals surface area contributed by atoms with Gasteiger partial charge in [0.2, 0.25) is 0 Å². The highest BCUT2D eigenvalue weighted by Crippen LogP contribution is 2.22. The second kappa shape index (κ2) is 4.68. The first-order valence-corrected chi connectivity index (χ1v) is 5.03. The van der Waals surface area contributed by atoms with Crippen molar-refractivity contribution in [3.05, 3.63) is 36.2 Å². The molecule has 0 unspecified atom stereocenters. The van der Waals surface area contributed by atoms with Gasteiger partial charge in [-0.15, -0.1) is 0 Å². The Morgan fingerprint density at radius 1 is 1.33 bits per heavy atom. The summed E-state index contributed by atoms with van der Waals surface area (Å²) >= 11 is 0. The van der Waals surface area contributed by atoms with E-state index in [1.54, 1.807) is 12.1 Å². The predicted molar refractivity (Wildman–Crippen MR) is 66.6 cm³/mol. The fourth-order valence-electron chi connectivity index (χ4n) is 1.44. The molecule has 6 N–H and O–H groups in total. The summed E-state index contributed by atoms with van der Waals surface area (Å²) in [4.78, 5) is 18.9. The molecule has 0 saturated carbocycles. The first-order chi connectivity index (χ1) is 8.61. The van der Waals surface area contributed by atoms with Crippen LogP contribution in [0.15, 0.2) is 30.6 Å². The van der Waals surface area contributed by atoms with E-state index in [-0.39, 0.29) is 5.56 Å². The monoisotopic (exact) mass is 245 g/mol. The van der Waals surface area contributed by atoms with Gasteiger partial charge in [0, 0.05) is 18.0 Å². The van der Waals surface area contributed by atoms with E-state index in [1.807, 2.05) is 0 Å². The lowest BCUT2D eigenvalue weighted by atomic mass is 10.1. The molecule has 2 aromatic rings. The zero-order valence-electron chi connectivity index (χ0n) is 9.29. The second-order valence-electron chi connectivity index (χ2n) is 3.55. The third kappa shape index (κ3) is 2.20. The van der Waals surface area contributed by atoms with Gasteiger partial charge in [-0.1, -0.05) is 0 Å². The highest BCUT2D eigenvalue weighted by molar-refractivity contribution is 5.88. The summed E-state index contributed by atoms with van der Waals surface area (Å²) in [6, 6.07) is 4.78. The Hall–Kier alpha value is -2.67. The number of carboxylic acids is 1. The van der Waals surface area contributed by atoms with Crippen molar-refractivity contribution < 1.29 is 9.90 Å². The van der Waals surface area contributed by atoms with Crippen LogP contribution in [0.2, 0.25) is 0 Å². The van der Waals surface area contributed by atoms with Crippen molar-refractivity contribution in [2.75, 3.05) is 11.2 Å². The van der Waals surface area contributed by atoms with Crippen molar-refractivity contribution in [2.24, 2.45) is 5.84 Å². The van der Waals surface area contributed by atoms with Gasteiger partial charge in [0.15, 0.2) is 5.82 Å². The zero-order valence-corrected chi connectivity index (χ0v) is 9.29. The predicted octanol–water partition coefficient (Wildman–Crippen LogP) is 0.710. The first kappa shape index (κ1) is 11.8. The Labute approximate surface area is 102 Å². The summed E-state index contributed by atoms with van der Waals surface area (Å²) in [7, 11) is 0. The highest BCUT2D eigenvalue weighted by atomic mass is 16.4. The molecule has 7 nitrogen and oxygen atoms in total. The number of carbonyl (C=O) groups is 1. The molecule has 0 saturated heterocycles. The van der Waals surface area contributed by atoms with Crippen LogP contribution in [0.25, 0.3) is 11.3 Å². The Morgan fingerprint density at radius 2 is 2.11 bits per heavy atom. The summed E-state index contributed by atoms with van der Waals surface area (Å²) < 4.78 is 0. The number of aromatic carboxylic acids is 1. The molecule has 0 bridgehead atoms. The Balaban J connectivity index is 2.48. The lowest BCUT2D eigenvalue weighted by Gasteiger charge is -2.07. The van der Waals surface area contributed by atoms with Crippen molar-refractivity contribution in [1.82, 2.24) is 9.97 Å². The van der Waals surface area contributed by atoms with E-state index in [1.165, 1.54) is 18.5 Å². The Bertz CT molecular complexity index is 600. The molecule has 2 rings (SSSR count). The summed E-state index contributed by atoms with van der Waals surface area (Å²) in [5, 5.41) is 8.89. The van der Waals surface area contributed by atoms with Crippen LogP contribution in [0.3, 0.4) is 0 Å². The van der Waals surface area contributed by atoms with Gasteiger partial charge in [-0.05, 0) is 18.2 Å². The van der Waals surface area contributed by atoms with Gasteiger partial charge in [0.25, 0.3) is 0 Å². The molecule has 18 heavy (non-hydrogen) atoms. The largest absolute Gasteiger partial charge is 0.478 e. The standard InChI is InChI=1S/C11H11N5O2/c12-8-1-2-9(15-10(8)16-13)6-3-7(11(17)18)5-14-4-6/h1-5H,12-13H2,(H,15,16)(H,17,18). The van der Waals surface area contributed by atoms with Crippen LogP contribution in [0.1, 0.15) is 10.4 Å². The maximum absolute atomic E-state index is 10.8.